The Morgan fingerprint density at radius 2 is 2.00 bits per heavy atom. The van der Waals surface area contributed by atoms with Crippen LogP contribution in [0.2, 0.25) is 0 Å². The summed E-state index contributed by atoms with van der Waals surface area (Å²) in [5.41, 5.74) is 2.82. The molecular formula is C20H24N4O3. The molecule has 1 saturated heterocycles. The minimum atomic E-state index is -0.101. The van der Waals surface area contributed by atoms with Gasteiger partial charge in [0.15, 0.2) is 0 Å². The van der Waals surface area contributed by atoms with Crippen LogP contribution in [0, 0.1) is 0 Å². The quantitative estimate of drug-likeness (QED) is 0.827. The summed E-state index contributed by atoms with van der Waals surface area (Å²) in [5, 5.41) is 8.68. The van der Waals surface area contributed by atoms with E-state index in [0.717, 1.165) is 68.3 Å². The second-order valence-electron chi connectivity index (χ2n) is 7.99. The van der Waals surface area contributed by atoms with E-state index in [1.54, 1.807) is 10.7 Å². The Morgan fingerprint density at radius 1 is 1.15 bits per heavy atom. The van der Waals surface area contributed by atoms with Gasteiger partial charge in [0, 0.05) is 24.1 Å². The highest BCUT2D eigenvalue weighted by atomic mass is 16.5. The van der Waals surface area contributed by atoms with Crippen LogP contribution in [-0.2, 0) is 19.4 Å². The van der Waals surface area contributed by atoms with Gasteiger partial charge in [-0.15, -0.1) is 0 Å². The van der Waals surface area contributed by atoms with Gasteiger partial charge in [0.1, 0.15) is 0 Å². The van der Waals surface area contributed by atoms with Crippen molar-refractivity contribution < 1.29 is 9.32 Å². The van der Waals surface area contributed by atoms with Gasteiger partial charge in [-0.3, -0.25) is 9.59 Å². The maximum absolute atomic E-state index is 13.1. The molecule has 0 radical (unpaired) electrons. The van der Waals surface area contributed by atoms with E-state index >= 15 is 0 Å². The fourth-order valence-corrected chi connectivity index (χ4v) is 4.37. The molecule has 7 nitrogen and oxygen atoms in total. The normalized spacial score (nSPS) is 22.1. The Balaban J connectivity index is 1.38. The molecule has 3 heterocycles. The number of likely N-dealkylation sites (tertiary alicyclic amines) is 1. The topological polar surface area (TPSA) is 81.2 Å². The van der Waals surface area contributed by atoms with Crippen molar-refractivity contribution >= 4 is 5.91 Å². The Morgan fingerprint density at radius 3 is 2.85 bits per heavy atom. The number of hydrogen-bond acceptors (Lipinski definition) is 5. The van der Waals surface area contributed by atoms with Gasteiger partial charge in [-0.2, -0.15) is 5.10 Å². The number of rotatable bonds is 4. The predicted molar refractivity (Wildman–Crippen MR) is 97.7 cm³/mol. The van der Waals surface area contributed by atoms with Crippen molar-refractivity contribution in [1.82, 2.24) is 19.8 Å². The van der Waals surface area contributed by atoms with Crippen molar-refractivity contribution in [2.45, 2.75) is 69.9 Å². The van der Waals surface area contributed by atoms with E-state index in [2.05, 4.69) is 10.3 Å². The van der Waals surface area contributed by atoms with Gasteiger partial charge in [-0.25, -0.2) is 4.68 Å². The third-order valence-electron chi connectivity index (χ3n) is 6.06. The molecule has 3 aliphatic rings. The largest absolute Gasteiger partial charge is 0.350 e. The number of aromatic nitrogens is 3. The zero-order valence-electron chi connectivity index (χ0n) is 15.4. The van der Waals surface area contributed by atoms with Gasteiger partial charge in [0.2, 0.25) is 5.76 Å². The lowest BCUT2D eigenvalue weighted by Gasteiger charge is -2.24. The molecule has 27 heavy (non-hydrogen) atoms. The van der Waals surface area contributed by atoms with Crippen LogP contribution in [0.15, 0.2) is 21.5 Å². The average Bonchev–Trinajstić information content (AvgIpc) is 3.28. The van der Waals surface area contributed by atoms with Crippen LogP contribution in [0.3, 0.4) is 0 Å². The Kier molecular flexibility index (Phi) is 4.10. The summed E-state index contributed by atoms with van der Waals surface area (Å²) in [6.07, 6.45) is 8.04. The molecule has 2 fully saturated rings. The highest BCUT2D eigenvalue weighted by molar-refractivity contribution is 5.93. The Hall–Kier alpha value is -2.44. The van der Waals surface area contributed by atoms with Crippen LogP contribution in [0.1, 0.15) is 71.9 Å². The first-order valence-electron chi connectivity index (χ1n) is 10.1. The van der Waals surface area contributed by atoms with Gasteiger partial charge < -0.3 is 9.42 Å². The van der Waals surface area contributed by atoms with Crippen LogP contribution in [-0.4, -0.2) is 38.3 Å². The minimum absolute atomic E-state index is 0.0264. The number of carbonyl (C=O) groups is 1. The molecule has 0 spiro atoms. The first kappa shape index (κ1) is 16.7. The first-order valence-corrected chi connectivity index (χ1v) is 10.1. The second kappa shape index (κ2) is 6.62. The molecule has 2 aromatic rings. The molecule has 1 saturated carbocycles. The molecule has 0 N–H and O–H groups in total. The summed E-state index contributed by atoms with van der Waals surface area (Å²) >= 11 is 0. The number of amides is 1. The van der Waals surface area contributed by atoms with Gasteiger partial charge >= 0.3 is 0 Å². The van der Waals surface area contributed by atoms with Crippen molar-refractivity contribution in [3.8, 4) is 0 Å². The van der Waals surface area contributed by atoms with Crippen LogP contribution in [0.5, 0.6) is 0 Å². The summed E-state index contributed by atoms with van der Waals surface area (Å²) in [4.78, 5) is 27.3. The van der Waals surface area contributed by atoms with E-state index < -0.39 is 0 Å². The molecule has 1 amide bonds. The zero-order chi connectivity index (χ0) is 18.4. The Bertz CT molecular complexity index is 928. The Labute approximate surface area is 157 Å². The van der Waals surface area contributed by atoms with Gasteiger partial charge in [-0.05, 0) is 57.4 Å². The van der Waals surface area contributed by atoms with Crippen LogP contribution in [0.25, 0.3) is 0 Å². The smallest absolute Gasteiger partial charge is 0.293 e. The third-order valence-corrected chi connectivity index (χ3v) is 6.06. The summed E-state index contributed by atoms with van der Waals surface area (Å²) in [6, 6.07) is 3.42. The lowest BCUT2D eigenvalue weighted by atomic mass is 9.96. The van der Waals surface area contributed by atoms with Crippen LogP contribution < -0.4 is 5.56 Å². The molecule has 5 rings (SSSR count). The van der Waals surface area contributed by atoms with E-state index in [9.17, 15) is 9.59 Å². The van der Waals surface area contributed by atoms with Crippen molar-refractivity contribution in [3.05, 3.63) is 45.2 Å². The molecule has 0 bridgehead atoms. The molecule has 2 aliphatic carbocycles. The van der Waals surface area contributed by atoms with Gasteiger partial charge in [0.25, 0.3) is 11.5 Å². The average molecular weight is 368 g/mol. The molecule has 7 heteroatoms. The lowest BCUT2D eigenvalue weighted by molar-refractivity contribution is 0.0676. The molecular weight excluding hydrogens is 344 g/mol. The van der Waals surface area contributed by atoms with E-state index in [-0.39, 0.29) is 17.5 Å². The molecule has 1 aliphatic heterocycles. The van der Waals surface area contributed by atoms with Crippen LogP contribution >= 0.6 is 0 Å². The molecule has 142 valence electrons. The number of nitrogens with zero attached hydrogens (tertiary/aromatic N) is 4. The van der Waals surface area contributed by atoms with E-state index in [0.29, 0.717) is 24.8 Å². The molecule has 0 aromatic carbocycles. The minimum Gasteiger partial charge on any atom is -0.350 e. The SMILES string of the molecule is O=C(c1onc2c1CCCC2)N1CCCC1Cn1nc(C2CC2)ccc1=O. The molecule has 2 aromatic heterocycles. The zero-order valence-corrected chi connectivity index (χ0v) is 15.4. The summed E-state index contributed by atoms with van der Waals surface area (Å²) < 4.78 is 6.99. The predicted octanol–water partition coefficient (Wildman–Crippen LogP) is 2.29. The van der Waals surface area contributed by atoms with Gasteiger partial charge in [0.05, 0.1) is 24.0 Å². The maximum atomic E-state index is 13.1. The fraction of sp³-hybridized carbons (Fsp3) is 0.600. The van der Waals surface area contributed by atoms with E-state index in [4.69, 9.17) is 4.52 Å². The lowest BCUT2D eigenvalue weighted by Crippen LogP contribution is -2.41. The van der Waals surface area contributed by atoms with Crippen molar-refractivity contribution in [2.75, 3.05) is 6.54 Å². The van der Waals surface area contributed by atoms with E-state index in [1.165, 1.54) is 0 Å². The van der Waals surface area contributed by atoms with E-state index in [1.807, 2.05) is 11.0 Å². The number of carbonyl (C=O) groups excluding carboxylic acids is 1. The highest BCUT2D eigenvalue weighted by Gasteiger charge is 2.35. The number of fused-ring (bicyclic) bond motifs is 1. The fourth-order valence-electron chi connectivity index (χ4n) is 4.37. The standard InChI is InChI=1S/C20H24N4O3/c25-18-10-9-16(13-7-8-13)21-24(18)12-14-4-3-11-23(14)20(26)19-15-5-1-2-6-17(15)22-27-19/h9-10,13-14H,1-8,11-12H2. The first-order chi connectivity index (χ1) is 13.2. The van der Waals surface area contributed by atoms with Crippen molar-refractivity contribution in [1.29, 1.82) is 0 Å². The van der Waals surface area contributed by atoms with Crippen molar-refractivity contribution in [3.63, 3.8) is 0 Å². The summed E-state index contributed by atoms with van der Waals surface area (Å²) in [7, 11) is 0. The summed E-state index contributed by atoms with van der Waals surface area (Å²) in [6.45, 7) is 1.14. The number of hydrogen-bond donors (Lipinski definition) is 0. The summed E-state index contributed by atoms with van der Waals surface area (Å²) in [5.74, 6) is 0.821. The monoisotopic (exact) mass is 368 g/mol. The van der Waals surface area contributed by atoms with Crippen molar-refractivity contribution in [2.24, 2.45) is 0 Å². The number of aryl methyl sites for hydroxylation is 1. The molecule has 1 atom stereocenters. The maximum Gasteiger partial charge on any atom is 0.293 e. The second-order valence-corrected chi connectivity index (χ2v) is 7.99. The molecule has 1 unspecified atom stereocenters. The van der Waals surface area contributed by atoms with Crippen LogP contribution in [0.4, 0.5) is 0 Å². The van der Waals surface area contributed by atoms with Gasteiger partial charge in [-0.1, -0.05) is 5.16 Å². The third kappa shape index (κ3) is 3.09. The highest BCUT2D eigenvalue weighted by Crippen LogP contribution is 2.38.